The highest BCUT2D eigenvalue weighted by Gasteiger charge is 2.42. The van der Waals surface area contributed by atoms with Crippen LogP contribution in [0.15, 0.2) is 21.1 Å². The number of carbonyl (C=O) groups is 2. The predicted octanol–water partition coefficient (Wildman–Crippen LogP) is 6.48. The van der Waals surface area contributed by atoms with Crippen LogP contribution in [0, 0.1) is 6.92 Å². The highest BCUT2D eigenvalue weighted by molar-refractivity contribution is 9.11. The number of aryl methyl sites for hydroxylation is 1. The smallest absolute Gasteiger partial charge is 0.406 e. The summed E-state index contributed by atoms with van der Waals surface area (Å²) in [6, 6.07) is 1.67. The predicted molar refractivity (Wildman–Crippen MR) is 102 cm³/mol. The van der Waals surface area contributed by atoms with E-state index in [0.29, 0.717) is 16.2 Å². The fourth-order valence-electron chi connectivity index (χ4n) is 2.31. The largest absolute Gasteiger partial charge is 0.573 e. The molecule has 0 aliphatic heterocycles. The monoisotopic (exact) mass is 582 g/mol. The summed E-state index contributed by atoms with van der Waals surface area (Å²) in [5.74, 6) is -2.87. The molecular weight excluding hydrogens is 574 g/mol. The SMILES string of the molecule is CCC(=O)N(C(=O)c1sc(C)nc1C(F)(F)F)c1c(Br)cc(OC(F)(F)F)cc1Br. The van der Waals surface area contributed by atoms with Crippen LogP contribution in [0.3, 0.4) is 0 Å². The van der Waals surface area contributed by atoms with E-state index >= 15 is 0 Å². The van der Waals surface area contributed by atoms with E-state index in [-0.39, 0.29) is 26.1 Å². The normalized spacial score (nSPS) is 12.1. The molecule has 0 aliphatic rings. The lowest BCUT2D eigenvalue weighted by Crippen LogP contribution is -2.37. The van der Waals surface area contributed by atoms with Crippen LogP contribution in [0.25, 0.3) is 0 Å². The quantitative estimate of drug-likeness (QED) is 0.387. The molecule has 2 rings (SSSR count). The summed E-state index contributed by atoms with van der Waals surface area (Å²) >= 11 is 6.34. The van der Waals surface area contributed by atoms with Crippen molar-refractivity contribution in [3.63, 3.8) is 0 Å². The second kappa shape index (κ2) is 8.83. The molecule has 1 heterocycles. The Labute approximate surface area is 186 Å². The van der Waals surface area contributed by atoms with Crippen LogP contribution in [-0.2, 0) is 11.0 Å². The van der Waals surface area contributed by atoms with E-state index in [0.717, 1.165) is 12.1 Å². The maximum Gasteiger partial charge on any atom is 0.573 e. The molecule has 0 unspecified atom stereocenters. The van der Waals surface area contributed by atoms with E-state index in [1.54, 1.807) is 0 Å². The van der Waals surface area contributed by atoms with Gasteiger partial charge in [-0.15, -0.1) is 24.5 Å². The van der Waals surface area contributed by atoms with Gasteiger partial charge < -0.3 is 4.74 Å². The number of imide groups is 1. The third-order valence-electron chi connectivity index (χ3n) is 3.40. The van der Waals surface area contributed by atoms with Crippen molar-refractivity contribution in [1.82, 2.24) is 4.98 Å². The number of alkyl halides is 6. The van der Waals surface area contributed by atoms with Crippen LogP contribution in [0.4, 0.5) is 32.0 Å². The highest BCUT2D eigenvalue weighted by Crippen LogP contribution is 2.42. The summed E-state index contributed by atoms with van der Waals surface area (Å²) < 4.78 is 80.7. The number of rotatable bonds is 4. The van der Waals surface area contributed by atoms with Gasteiger partial charge in [-0.3, -0.25) is 9.59 Å². The molecule has 1 aromatic carbocycles. The average molecular weight is 584 g/mol. The Morgan fingerprint density at radius 2 is 1.67 bits per heavy atom. The molecule has 0 aliphatic carbocycles. The Morgan fingerprint density at radius 3 is 2.10 bits per heavy atom. The second-order valence-corrected chi connectivity index (χ2v) is 8.49. The molecule has 0 bridgehead atoms. The van der Waals surface area contributed by atoms with E-state index in [1.165, 1.54) is 13.8 Å². The number of nitrogens with zero attached hydrogens (tertiary/aromatic N) is 2. The molecule has 0 N–H and O–H groups in total. The van der Waals surface area contributed by atoms with E-state index in [2.05, 4.69) is 41.6 Å². The Bertz CT molecular complexity index is 967. The number of anilines is 1. The Morgan fingerprint density at radius 1 is 1.13 bits per heavy atom. The molecule has 0 saturated carbocycles. The van der Waals surface area contributed by atoms with Gasteiger partial charge in [-0.25, -0.2) is 9.88 Å². The first kappa shape index (κ1) is 24.6. The van der Waals surface area contributed by atoms with Gasteiger partial charge >= 0.3 is 12.5 Å². The van der Waals surface area contributed by atoms with Gasteiger partial charge in [0.2, 0.25) is 5.91 Å². The van der Waals surface area contributed by atoms with Gasteiger partial charge in [0.1, 0.15) is 10.6 Å². The summed E-state index contributed by atoms with van der Waals surface area (Å²) in [5.41, 5.74) is -1.73. The minimum Gasteiger partial charge on any atom is -0.406 e. The third-order valence-corrected chi connectivity index (χ3v) is 5.57. The maximum atomic E-state index is 13.3. The lowest BCUT2D eigenvalue weighted by Gasteiger charge is -2.23. The second-order valence-electron chi connectivity index (χ2n) is 5.58. The van der Waals surface area contributed by atoms with Crippen molar-refractivity contribution >= 4 is 60.7 Å². The minimum atomic E-state index is -5.00. The third kappa shape index (κ3) is 5.52. The Balaban J connectivity index is 2.63. The molecule has 0 fully saturated rings. The molecular formula is C16H10Br2F6N2O3S. The molecule has 2 amide bonds. The van der Waals surface area contributed by atoms with E-state index in [9.17, 15) is 35.9 Å². The van der Waals surface area contributed by atoms with Crippen LogP contribution in [0.5, 0.6) is 5.75 Å². The van der Waals surface area contributed by atoms with Crippen molar-refractivity contribution in [1.29, 1.82) is 0 Å². The number of halogens is 8. The summed E-state index contributed by atoms with van der Waals surface area (Å²) in [5, 5.41) is -0.0540. The molecule has 14 heteroatoms. The first-order chi connectivity index (χ1) is 13.7. The summed E-state index contributed by atoms with van der Waals surface area (Å²) in [6.45, 7) is 2.63. The summed E-state index contributed by atoms with van der Waals surface area (Å²) in [4.78, 5) is 28.4. The van der Waals surface area contributed by atoms with E-state index in [1.807, 2.05) is 0 Å². The number of hydrogen-bond acceptors (Lipinski definition) is 5. The molecule has 0 atom stereocenters. The van der Waals surface area contributed by atoms with Gasteiger partial charge in [0.15, 0.2) is 5.69 Å². The molecule has 30 heavy (non-hydrogen) atoms. The van der Waals surface area contributed by atoms with E-state index < -0.39 is 40.7 Å². The van der Waals surface area contributed by atoms with Gasteiger partial charge in [-0.2, -0.15) is 13.2 Å². The van der Waals surface area contributed by atoms with Crippen LogP contribution in [-0.4, -0.2) is 23.2 Å². The molecule has 164 valence electrons. The van der Waals surface area contributed by atoms with Crippen LogP contribution >= 0.6 is 43.2 Å². The topological polar surface area (TPSA) is 59.5 Å². The summed E-state index contributed by atoms with van der Waals surface area (Å²) in [6.07, 6.45) is -10.2. The number of benzene rings is 1. The molecule has 0 saturated heterocycles. The zero-order valence-electron chi connectivity index (χ0n) is 14.9. The molecule has 5 nitrogen and oxygen atoms in total. The van der Waals surface area contributed by atoms with Crippen molar-refractivity contribution in [2.75, 3.05) is 4.90 Å². The number of thiazole rings is 1. The number of ether oxygens (including phenoxy) is 1. The van der Waals surface area contributed by atoms with Gasteiger partial charge in [-0.05, 0) is 50.9 Å². The van der Waals surface area contributed by atoms with Gasteiger partial charge in [-0.1, -0.05) is 6.92 Å². The Hall–Kier alpha value is -1.67. The number of carbonyl (C=O) groups excluding carboxylic acids is 2. The fraction of sp³-hybridized carbons (Fsp3) is 0.312. The lowest BCUT2D eigenvalue weighted by atomic mass is 10.2. The maximum absolute atomic E-state index is 13.3. The van der Waals surface area contributed by atoms with Gasteiger partial charge in [0.05, 0.1) is 10.7 Å². The van der Waals surface area contributed by atoms with Gasteiger partial charge in [0.25, 0.3) is 5.91 Å². The molecule has 1 aromatic heterocycles. The molecule has 0 spiro atoms. The van der Waals surface area contributed by atoms with Gasteiger partial charge in [0, 0.05) is 15.4 Å². The molecule has 2 aromatic rings. The number of hydrogen-bond donors (Lipinski definition) is 0. The fourth-order valence-corrected chi connectivity index (χ4v) is 4.68. The highest BCUT2D eigenvalue weighted by atomic mass is 79.9. The van der Waals surface area contributed by atoms with Crippen molar-refractivity contribution in [3.8, 4) is 5.75 Å². The zero-order chi connectivity index (χ0) is 23.0. The summed E-state index contributed by atoms with van der Waals surface area (Å²) in [7, 11) is 0. The van der Waals surface area contributed by atoms with Crippen LogP contribution in [0.2, 0.25) is 0 Å². The van der Waals surface area contributed by atoms with Crippen molar-refractivity contribution in [2.45, 2.75) is 32.8 Å². The average Bonchev–Trinajstić information content (AvgIpc) is 2.97. The van der Waals surface area contributed by atoms with Crippen molar-refractivity contribution < 1.29 is 40.7 Å². The van der Waals surface area contributed by atoms with Crippen LogP contribution in [0.1, 0.15) is 33.7 Å². The Kier molecular flexibility index (Phi) is 7.24. The lowest BCUT2D eigenvalue weighted by molar-refractivity contribution is -0.274. The minimum absolute atomic E-state index is 0.0540. The van der Waals surface area contributed by atoms with Crippen molar-refractivity contribution in [3.05, 3.63) is 36.7 Å². The molecule has 0 radical (unpaired) electrons. The first-order valence-electron chi connectivity index (χ1n) is 7.82. The van der Waals surface area contributed by atoms with Crippen LogP contribution < -0.4 is 9.64 Å². The standard InChI is InChI=1S/C16H10Br2F6N2O3S/c1-3-10(27)26(14(28)12-13(15(19,20)21)25-6(2)30-12)11-8(17)4-7(5-9(11)18)29-16(22,23)24/h4-5H,3H2,1-2H3. The number of aromatic nitrogens is 1. The van der Waals surface area contributed by atoms with Crippen molar-refractivity contribution in [2.24, 2.45) is 0 Å². The zero-order valence-corrected chi connectivity index (χ0v) is 18.9. The van der Waals surface area contributed by atoms with E-state index in [4.69, 9.17) is 0 Å². The first-order valence-corrected chi connectivity index (χ1v) is 10.2. The number of amides is 2.